The second-order valence-corrected chi connectivity index (χ2v) is 4.62. The minimum absolute atomic E-state index is 0.108. The van der Waals surface area contributed by atoms with Crippen LogP contribution in [0.3, 0.4) is 0 Å². The summed E-state index contributed by atoms with van der Waals surface area (Å²) < 4.78 is 9.86. The third kappa shape index (κ3) is 5.88. The minimum Gasteiger partial charge on any atom is -0.454 e. The van der Waals surface area contributed by atoms with Crippen molar-refractivity contribution in [1.82, 2.24) is 0 Å². The smallest absolute Gasteiger partial charge is 0.332 e. The number of nitro benzene ring substituents is 1. The Labute approximate surface area is 128 Å². The number of anilines is 1. The molecular formula is C12H13BrN2O6. The first kappa shape index (κ1) is 17.1. The summed E-state index contributed by atoms with van der Waals surface area (Å²) in [6, 6.07) is 3.89. The van der Waals surface area contributed by atoms with Crippen LogP contribution in [0.4, 0.5) is 11.4 Å². The Kier molecular flexibility index (Phi) is 6.76. The van der Waals surface area contributed by atoms with Crippen LogP contribution in [0.1, 0.15) is 6.92 Å². The molecule has 0 saturated carbocycles. The number of carbonyl (C=O) groups excluding carboxylic acids is 2. The van der Waals surface area contributed by atoms with Crippen molar-refractivity contribution in [3.63, 3.8) is 0 Å². The van der Waals surface area contributed by atoms with Crippen LogP contribution in [-0.4, -0.2) is 36.6 Å². The van der Waals surface area contributed by atoms with E-state index in [0.29, 0.717) is 16.8 Å². The molecule has 0 aromatic heterocycles. The van der Waals surface area contributed by atoms with E-state index in [4.69, 9.17) is 4.74 Å². The molecular weight excluding hydrogens is 348 g/mol. The third-order valence-corrected chi connectivity index (χ3v) is 2.88. The summed E-state index contributed by atoms with van der Waals surface area (Å²) in [5.41, 5.74) is 0.231. The summed E-state index contributed by atoms with van der Waals surface area (Å²) in [6.45, 7) is 1.42. The highest BCUT2D eigenvalue weighted by Gasteiger charge is 2.12. The number of ether oxygens (including phenoxy) is 2. The standard InChI is InChI=1S/C12H13BrN2O6/c1-2-20-7-12(17)21-6-11(16)14-10-4-3-8(15(18)19)5-9(10)13/h3-5H,2,6-7H2,1H3,(H,14,16). The van der Waals surface area contributed by atoms with Gasteiger partial charge >= 0.3 is 5.97 Å². The molecule has 21 heavy (non-hydrogen) atoms. The highest BCUT2D eigenvalue weighted by Crippen LogP contribution is 2.26. The zero-order valence-electron chi connectivity index (χ0n) is 11.1. The molecule has 0 fully saturated rings. The Hall–Kier alpha value is -2.00. The van der Waals surface area contributed by atoms with Crippen LogP contribution in [0.2, 0.25) is 0 Å². The zero-order chi connectivity index (χ0) is 15.8. The Balaban J connectivity index is 2.51. The molecule has 8 nitrogen and oxygen atoms in total. The summed E-state index contributed by atoms with van der Waals surface area (Å²) in [5, 5.41) is 13.0. The number of non-ortho nitro benzene ring substituents is 1. The molecule has 0 heterocycles. The van der Waals surface area contributed by atoms with Gasteiger partial charge in [-0.05, 0) is 28.9 Å². The zero-order valence-corrected chi connectivity index (χ0v) is 12.7. The maximum absolute atomic E-state index is 11.6. The molecule has 114 valence electrons. The lowest BCUT2D eigenvalue weighted by Gasteiger charge is -2.08. The van der Waals surface area contributed by atoms with Gasteiger partial charge in [0.2, 0.25) is 0 Å². The fourth-order valence-corrected chi connectivity index (χ4v) is 1.74. The highest BCUT2D eigenvalue weighted by atomic mass is 79.9. The molecule has 0 saturated heterocycles. The van der Waals surface area contributed by atoms with E-state index in [1.165, 1.54) is 18.2 Å². The highest BCUT2D eigenvalue weighted by molar-refractivity contribution is 9.10. The average Bonchev–Trinajstić information content (AvgIpc) is 2.44. The summed E-state index contributed by atoms with van der Waals surface area (Å²) >= 11 is 3.11. The SMILES string of the molecule is CCOCC(=O)OCC(=O)Nc1ccc([N+](=O)[O-])cc1Br. The van der Waals surface area contributed by atoms with Crippen molar-refractivity contribution in [1.29, 1.82) is 0 Å². The minimum atomic E-state index is -0.644. The number of nitrogens with one attached hydrogen (secondary N) is 1. The quantitative estimate of drug-likeness (QED) is 0.451. The summed E-state index contributed by atoms with van der Waals surface area (Å²) in [4.78, 5) is 32.7. The van der Waals surface area contributed by atoms with E-state index < -0.39 is 23.4 Å². The maximum Gasteiger partial charge on any atom is 0.332 e. The average molecular weight is 361 g/mol. The normalized spacial score (nSPS) is 10.0. The van der Waals surface area contributed by atoms with Crippen molar-refractivity contribution in [3.05, 3.63) is 32.8 Å². The Morgan fingerprint density at radius 3 is 2.67 bits per heavy atom. The first-order valence-electron chi connectivity index (χ1n) is 5.91. The van der Waals surface area contributed by atoms with E-state index >= 15 is 0 Å². The molecule has 0 bridgehead atoms. The van der Waals surface area contributed by atoms with Crippen LogP contribution in [-0.2, 0) is 19.1 Å². The molecule has 1 N–H and O–H groups in total. The van der Waals surface area contributed by atoms with Crippen molar-refractivity contribution in [2.75, 3.05) is 25.1 Å². The number of benzene rings is 1. The van der Waals surface area contributed by atoms with Crippen LogP contribution in [0.25, 0.3) is 0 Å². The number of amides is 1. The van der Waals surface area contributed by atoms with E-state index in [1.807, 2.05) is 0 Å². The van der Waals surface area contributed by atoms with Gasteiger partial charge in [-0.3, -0.25) is 14.9 Å². The molecule has 0 aliphatic rings. The van der Waals surface area contributed by atoms with Gasteiger partial charge in [-0.15, -0.1) is 0 Å². The van der Waals surface area contributed by atoms with Crippen molar-refractivity contribution in [3.8, 4) is 0 Å². The summed E-state index contributed by atoms with van der Waals surface area (Å²) in [7, 11) is 0. The molecule has 1 amide bonds. The second kappa shape index (κ2) is 8.32. The van der Waals surface area contributed by atoms with E-state index in [9.17, 15) is 19.7 Å². The molecule has 0 aliphatic heterocycles. The number of halogens is 1. The van der Waals surface area contributed by atoms with Gasteiger partial charge in [0.1, 0.15) is 6.61 Å². The number of rotatable bonds is 7. The number of hydrogen-bond acceptors (Lipinski definition) is 6. The lowest BCUT2D eigenvalue weighted by atomic mass is 10.3. The Bertz CT molecular complexity index is 549. The van der Waals surface area contributed by atoms with Gasteiger partial charge in [-0.1, -0.05) is 0 Å². The second-order valence-electron chi connectivity index (χ2n) is 3.77. The van der Waals surface area contributed by atoms with Gasteiger partial charge in [0, 0.05) is 23.2 Å². The predicted molar refractivity (Wildman–Crippen MR) is 76.9 cm³/mol. The number of nitrogens with zero attached hydrogens (tertiary/aromatic N) is 1. The first-order valence-corrected chi connectivity index (χ1v) is 6.70. The van der Waals surface area contributed by atoms with Crippen molar-refractivity contribution < 1.29 is 24.0 Å². The van der Waals surface area contributed by atoms with E-state index in [-0.39, 0.29) is 12.3 Å². The monoisotopic (exact) mass is 360 g/mol. The topological polar surface area (TPSA) is 108 Å². The fraction of sp³-hybridized carbons (Fsp3) is 0.333. The maximum atomic E-state index is 11.6. The third-order valence-electron chi connectivity index (χ3n) is 2.23. The van der Waals surface area contributed by atoms with Crippen molar-refractivity contribution in [2.45, 2.75) is 6.92 Å². The number of carbonyl (C=O) groups is 2. The van der Waals surface area contributed by atoms with Crippen molar-refractivity contribution >= 4 is 39.2 Å². The van der Waals surface area contributed by atoms with Crippen molar-refractivity contribution in [2.24, 2.45) is 0 Å². The van der Waals surface area contributed by atoms with Gasteiger partial charge in [0.15, 0.2) is 6.61 Å². The van der Waals surface area contributed by atoms with Gasteiger partial charge in [0.05, 0.1) is 10.6 Å². The van der Waals surface area contributed by atoms with E-state index in [2.05, 4.69) is 26.0 Å². The Morgan fingerprint density at radius 1 is 1.38 bits per heavy atom. The predicted octanol–water partition coefficient (Wildman–Crippen LogP) is 1.88. The molecule has 0 aliphatic carbocycles. The number of hydrogen-bond donors (Lipinski definition) is 1. The van der Waals surface area contributed by atoms with E-state index in [1.54, 1.807) is 6.92 Å². The molecule has 0 spiro atoms. The largest absolute Gasteiger partial charge is 0.454 e. The van der Waals surface area contributed by atoms with Crippen LogP contribution < -0.4 is 5.32 Å². The lowest BCUT2D eigenvalue weighted by molar-refractivity contribution is -0.384. The van der Waals surface area contributed by atoms with Gasteiger partial charge in [-0.2, -0.15) is 0 Å². The van der Waals surface area contributed by atoms with Gasteiger partial charge in [0.25, 0.3) is 11.6 Å². The molecule has 0 unspecified atom stereocenters. The molecule has 0 atom stereocenters. The fourth-order valence-electron chi connectivity index (χ4n) is 1.28. The summed E-state index contributed by atoms with van der Waals surface area (Å²) in [5.74, 6) is -1.20. The molecule has 9 heteroatoms. The Morgan fingerprint density at radius 2 is 2.10 bits per heavy atom. The van der Waals surface area contributed by atoms with Gasteiger partial charge < -0.3 is 14.8 Å². The van der Waals surface area contributed by atoms with Crippen LogP contribution in [0.5, 0.6) is 0 Å². The summed E-state index contributed by atoms with van der Waals surface area (Å²) in [6.07, 6.45) is 0. The lowest BCUT2D eigenvalue weighted by Crippen LogP contribution is -2.23. The van der Waals surface area contributed by atoms with Crippen LogP contribution in [0.15, 0.2) is 22.7 Å². The number of nitro groups is 1. The molecule has 1 aromatic carbocycles. The molecule has 1 rings (SSSR count). The van der Waals surface area contributed by atoms with E-state index in [0.717, 1.165) is 0 Å². The molecule has 1 aromatic rings. The van der Waals surface area contributed by atoms with Crippen LogP contribution in [0, 0.1) is 10.1 Å². The molecule has 0 radical (unpaired) electrons. The number of esters is 1. The van der Waals surface area contributed by atoms with Gasteiger partial charge in [-0.25, -0.2) is 4.79 Å². The first-order chi connectivity index (χ1) is 9.93. The van der Waals surface area contributed by atoms with Crippen LogP contribution >= 0.6 is 15.9 Å².